The minimum Gasteiger partial charge on any atom is -0.371 e. The number of carbonyl (C=O) groups excluding carboxylic acids is 1. The van der Waals surface area contributed by atoms with Crippen LogP contribution in [0.2, 0.25) is 0 Å². The molecule has 4 heterocycles. The zero-order valence-electron chi connectivity index (χ0n) is 14.9. The number of aromatic nitrogens is 2. The van der Waals surface area contributed by atoms with E-state index in [2.05, 4.69) is 14.9 Å². The SMILES string of the molecule is N#Cc1cnc(N2CCC3(CC2)CN(C(=O)C2CS(=O)(=O)C2)CCO3)cn1. The van der Waals surface area contributed by atoms with Crippen LogP contribution in [0.5, 0.6) is 0 Å². The van der Waals surface area contributed by atoms with Gasteiger partial charge in [-0.2, -0.15) is 5.26 Å². The molecule has 4 rings (SSSR count). The fourth-order valence-corrected chi connectivity index (χ4v) is 5.40. The van der Waals surface area contributed by atoms with Crippen LogP contribution in [0.15, 0.2) is 12.4 Å². The largest absolute Gasteiger partial charge is 0.371 e. The number of nitriles is 1. The fraction of sp³-hybridized carbons (Fsp3) is 0.647. The number of hydrogen-bond acceptors (Lipinski definition) is 8. The van der Waals surface area contributed by atoms with E-state index < -0.39 is 9.84 Å². The monoisotopic (exact) mass is 391 g/mol. The van der Waals surface area contributed by atoms with Crippen LogP contribution in [0.1, 0.15) is 18.5 Å². The number of rotatable bonds is 2. The van der Waals surface area contributed by atoms with E-state index in [1.54, 1.807) is 11.1 Å². The molecule has 3 aliphatic rings. The van der Waals surface area contributed by atoms with Crippen molar-refractivity contribution in [2.75, 3.05) is 49.2 Å². The molecule has 3 fully saturated rings. The smallest absolute Gasteiger partial charge is 0.227 e. The molecule has 0 N–H and O–H groups in total. The van der Waals surface area contributed by atoms with Gasteiger partial charge in [-0.05, 0) is 12.8 Å². The molecule has 1 spiro atoms. The first-order chi connectivity index (χ1) is 12.9. The average molecular weight is 391 g/mol. The summed E-state index contributed by atoms with van der Waals surface area (Å²) in [5.41, 5.74) is -0.0948. The molecule has 10 heteroatoms. The Labute approximate surface area is 157 Å². The Morgan fingerprint density at radius 1 is 1.22 bits per heavy atom. The third-order valence-electron chi connectivity index (χ3n) is 5.57. The molecule has 0 saturated carbocycles. The summed E-state index contributed by atoms with van der Waals surface area (Å²) in [6.07, 6.45) is 4.57. The molecule has 3 aliphatic heterocycles. The van der Waals surface area contributed by atoms with Crippen molar-refractivity contribution >= 4 is 21.6 Å². The lowest BCUT2D eigenvalue weighted by Gasteiger charge is -2.48. The molecule has 3 saturated heterocycles. The lowest BCUT2D eigenvalue weighted by atomic mass is 9.89. The molecule has 1 aromatic heterocycles. The van der Waals surface area contributed by atoms with Crippen molar-refractivity contribution in [3.63, 3.8) is 0 Å². The standard InChI is InChI=1S/C17H21N5O4S/c18-7-14-8-20-15(9-19-14)21-3-1-17(2-4-21)12-22(5-6-26-17)16(23)13-10-27(24,25)11-13/h8-9,13H,1-6,10-12H2. The van der Waals surface area contributed by atoms with Gasteiger partial charge in [-0.3, -0.25) is 4.79 Å². The van der Waals surface area contributed by atoms with Gasteiger partial charge in [0.15, 0.2) is 15.5 Å². The molecule has 1 amide bonds. The first-order valence-electron chi connectivity index (χ1n) is 9.00. The second-order valence-electron chi connectivity index (χ2n) is 7.42. The number of nitrogens with zero attached hydrogens (tertiary/aromatic N) is 5. The number of hydrogen-bond donors (Lipinski definition) is 0. The van der Waals surface area contributed by atoms with Crippen molar-refractivity contribution in [3.05, 3.63) is 18.1 Å². The van der Waals surface area contributed by atoms with Crippen molar-refractivity contribution in [2.45, 2.75) is 18.4 Å². The highest BCUT2D eigenvalue weighted by Gasteiger charge is 2.45. The van der Waals surface area contributed by atoms with Crippen LogP contribution in [0.25, 0.3) is 0 Å². The van der Waals surface area contributed by atoms with Crippen molar-refractivity contribution < 1.29 is 17.9 Å². The Morgan fingerprint density at radius 3 is 2.56 bits per heavy atom. The molecule has 0 unspecified atom stereocenters. The maximum absolute atomic E-state index is 12.6. The van der Waals surface area contributed by atoms with Crippen LogP contribution in [0.4, 0.5) is 5.82 Å². The van der Waals surface area contributed by atoms with Crippen LogP contribution >= 0.6 is 0 Å². The summed E-state index contributed by atoms with van der Waals surface area (Å²) in [4.78, 5) is 24.8. The molecule has 0 aliphatic carbocycles. The van der Waals surface area contributed by atoms with Crippen molar-refractivity contribution in [3.8, 4) is 6.07 Å². The normalized spacial score (nSPS) is 24.3. The first kappa shape index (κ1) is 18.1. The summed E-state index contributed by atoms with van der Waals surface area (Å²) in [6, 6.07) is 1.96. The second kappa shape index (κ2) is 6.73. The summed E-state index contributed by atoms with van der Waals surface area (Å²) in [5, 5.41) is 8.82. The van der Waals surface area contributed by atoms with Crippen molar-refractivity contribution in [1.29, 1.82) is 5.26 Å². The lowest BCUT2D eigenvalue weighted by molar-refractivity contribution is -0.157. The Morgan fingerprint density at radius 2 is 1.96 bits per heavy atom. The van der Waals surface area contributed by atoms with Gasteiger partial charge < -0.3 is 14.5 Å². The van der Waals surface area contributed by atoms with Crippen LogP contribution in [-0.2, 0) is 19.4 Å². The minimum atomic E-state index is -3.01. The van der Waals surface area contributed by atoms with Gasteiger partial charge in [0.1, 0.15) is 11.9 Å². The zero-order valence-corrected chi connectivity index (χ0v) is 15.7. The van der Waals surface area contributed by atoms with Gasteiger partial charge in [0.05, 0.1) is 42.0 Å². The predicted octanol–water partition coefficient (Wildman–Crippen LogP) is -0.409. The van der Waals surface area contributed by atoms with Gasteiger partial charge in [-0.25, -0.2) is 18.4 Å². The van der Waals surface area contributed by atoms with E-state index in [1.807, 2.05) is 6.07 Å². The fourth-order valence-electron chi connectivity index (χ4n) is 3.99. The van der Waals surface area contributed by atoms with E-state index in [-0.39, 0.29) is 34.6 Å². The Hall–Kier alpha value is -2.25. The maximum Gasteiger partial charge on any atom is 0.227 e. The average Bonchev–Trinajstić information content (AvgIpc) is 2.66. The number of amides is 1. The molecule has 0 aromatic carbocycles. The summed E-state index contributed by atoms with van der Waals surface area (Å²) >= 11 is 0. The number of anilines is 1. The van der Waals surface area contributed by atoms with Crippen LogP contribution < -0.4 is 4.90 Å². The van der Waals surface area contributed by atoms with Gasteiger partial charge in [-0.1, -0.05) is 0 Å². The zero-order chi connectivity index (χ0) is 19.1. The first-order valence-corrected chi connectivity index (χ1v) is 10.8. The van der Waals surface area contributed by atoms with E-state index in [1.165, 1.54) is 6.20 Å². The second-order valence-corrected chi connectivity index (χ2v) is 9.58. The third kappa shape index (κ3) is 3.61. The van der Waals surface area contributed by atoms with E-state index in [0.717, 1.165) is 31.7 Å². The third-order valence-corrected chi connectivity index (χ3v) is 7.39. The summed E-state index contributed by atoms with van der Waals surface area (Å²) in [5.74, 6) is 0.224. The molecule has 144 valence electrons. The molecule has 0 radical (unpaired) electrons. The Balaban J connectivity index is 1.37. The highest BCUT2D eigenvalue weighted by atomic mass is 32.2. The molecule has 9 nitrogen and oxygen atoms in total. The number of carbonyl (C=O) groups is 1. The van der Waals surface area contributed by atoms with E-state index in [4.69, 9.17) is 10.00 Å². The molecule has 27 heavy (non-hydrogen) atoms. The quantitative estimate of drug-likeness (QED) is 0.668. The lowest BCUT2D eigenvalue weighted by Crippen LogP contribution is -2.60. The van der Waals surface area contributed by atoms with Gasteiger partial charge in [0.2, 0.25) is 5.91 Å². The summed E-state index contributed by atoms with van der Waals surface area (Å²) in [7, 11) is -3.01. The van der Waals surface area contributed by atoms with Gasteiger partial charge in [0, 0.05) is 26.2 Å². The molecule has 1 aromatic rings. The Kier molecular flexibility index (Phi) is 4.52. The molecule has 0 atom stereocenters. The van der Waals surface area contributed by atoms with E-state index >= 15 is 0 Å². The van der Waals surface area contributed by atoms with Crippen molar-refractivity contribution in [2.24, 2.45) is 5.92 Å². The summed E-state index contributed by atoms with van der Waals surface area (Å²) < 4.78 is 28.8. The molecular formula is C17H21N5O4S. The van der Waals surface area contributed by atoms with E-state index in [0.29, 0.717) is 19.7 Å². The van der Waals surface area contributed by atoms with Gasteiger partial charge >= 0.3 is 0 Å². The van der Waals surface area contributed by atoms with Gasteiger partial charge in [0.25, 0.3) is 0 Å². The topological polar surface area (TPSA) is 116 Å². The van der Waals surface area contributed by atoms with Crippen LogP contribution in [-0.4, -0.2) is 79.1 Å². The molecule has 0 bridgehead atoms. The number of piperidine rings is 1. The number of morpholine rings is 1. The van der Waals surface area contributed by atoms with Crippen LogP contribution in [0.3, 0.4) is 0 Å². The van der Waals surface area contributed by atoms with Crippen molar-refractivity contribution in [1.82, 2.24) is 14.9 Å². The maximum atomic E-state index is 12.6. The summed E-state index contributed by atoms with van der Waals surface area (Å²) in [6.45, 7) is 2.94. The highest BCUT2D eigenvalue weighted by Crippen LogP contribution is 2.33. The van der Waals surface area contributed by atoms with E-state index in [9.17, 15) is 13.2 Å². The number of sulfone groups is 1. The van der Waals surface area contributed by atoms with Crippen LogP contribution in [0, 0.1) is 17.2 Å². The van der Waals surface area contributed by atoms with Gasteiger partial charge in [-0.15, -0.1) is 0 Å². The molecular weight excluding hydrogens is 370 g/mol. The predicted molar refractivity (Wildman–Crippen MR) is 95.6 cm³/mol. The minimum absolute atomic E-state index is 0.0265. The highest BCUT2D eigenvalue weighted by molar-refractivity contribution is 7.92. The number of ether oxygens (including phenoxy) is 1. The Bertz CT molecular complexity index is 860.